The lowest BCUT2D eigenvalue weighted by atomic mass is 9.81. The van der Waals surface area contributed by atoms with E-state index in [2.05, 4.69) is 26.3 Å². The van der Waals surface area contributed by atoms with Crippen molar-refractivity contribution in [1.29, 1.82) is 0 Å². The summed E-state index contributed by atoms with van der Waals surface area (Å²) in [6.07, 6.45) is -3.53. The number of nitrogens with one attached hydrogen (secondary N) is 4. The highest BCUT2D eigenvalue weighted by atomic mass is 16.3. The molecule has 19 heteroatoms. The first-order valence-electron chi connectivity index (χ1n) is 20.7. The van der Waals surface area contributed by atoms with Crippen molar-refractivity contribution >= 4 is 58.5 Å². The third kappa shape index (κ3) is 19.2. The summed E-state index contributed by atoms with van der Waals surface area (Å²) in [7, 11) is 0. The molecule has 1 aliphatic rings. The summed E-state index contributed by atoms with van der Waals surface area (Å²) in [5.74, 6) is -8.93. The first-order valence-corrected chi connectivity index (χ1v) is 20.7. The predicted molar refractivity (Wildman–Crippen MR) is 224 cm³/mol. The molecule has 1 aromatic carbocycles. The van der Waals surface area contributed by atoms with Crippen molar-refractivity contribution in [3.8, 4) is 0 Å². The number of Topliss-reactive ketones (excluding diaryl/α,β-unsaturated/α-hetero) is 5. The second-order valence-corrected chi connectivity index (χ2v) is 15.7. The molecule has 1 aromatic rings. The van der Waals surface area contributed by atoms with Gasteiger partial charge in [0.25, 0.3) is 0 Å². The molecule has 1 aliphatic heterocycles. The number of hydrogen-bond donors (Lipinski definition) is 9. The molecular weight excluding hydrogens is 793 g/mol. The van der Waals surface area contributed by atoms with Crippen molar-refractivity contribution < 1.29 is 53.4 Å². The van der Waals surface area contributed by atoms with Crippen LogP contribution in [-0.4, -0.2) is 119 Å². The monoisotopic (exact) mass is 856 g/mol. The van der Waals surface area contributed by atoms with E-state index in [1.807, 2.05) is 0 Å². The average molecular weight is 857 g/mol. The van der Waals surface area contributed by atoms with E-state index < -0.39 is 114 Å². The Morgan fingerprint density at radius 1 is 0.885 bits per heavy atom. The van der Waals surface area contributed by atoms with Gasteiger partial charge in [0.2, 0.25) is 23.6 Å². The molecule has 338 valence electrons. The number of aliphatic imine (C=N–C) groups is 1. The van der Waals surface area contributed by atoms with Crippen LogP contribution in [0.4, 0.5) is 0 Å². The number of carbonyl (C=O) groups is 9. The lowest BCUT2D eigenvalue weighted by Crippen LogP contribution is -2.57. The Morgan fingerprint density at radius 3 is 2.15 bits per heavy atom. The van der Waals surface area contributed by atoms with Crippen LogP contribution in [0.15, 0.2) is 35.3 Å². The zero-order valence-electron chi connectivity index (χ0n) is 35.4. The van der Waals surface area contributed by atoms with Crippen molar-refractivity contribution in [3.63, 3.8) is 0 Å². The van der Waals surface area contributed by atoms with E-state index in [0.717, 1.165) is 0 Å². The summed E-state index contributed by atoms with van der Waals surface area (Å²) in [5.41, 5.74) is 17.0. The Kier molecular flexibility index (Phi) is 22.7. The third-order valence-electron chi connectivity index (χ3n) is 10.6. The molecule has 0 unspecified atom stereocenters. The second-order valence-electron chi connectivity index (χ2n) is 15.7. The highest BCUT2D eigenvalue weighted by Gasteiger charge is 2.34. The number of carbonyl (C=O) groups excluding carboxylic acids is 9. The van der Waals surface area contributed by atoms with Gasteiger partial charge in [-0.05, 0) is 52.0 Å². The van der Waals surface area contributed by atoms with E-state index in [1.54, 1.807) is 30.3 Å². The zero-order chi connectivity index (χ0) is 45.6. The Labute approximate surface area is 356 Å². The highest BCUT2D eigenvalue weighted by Crippen LogP contribution is 2.25. The van der Waals surface area contributed by atoms with Crippen LogP contribution in [0.2, 0.25) is 0 Å². The van der Waals surface area contributed by atoms with Crippen LogP contribution in [0, 0.1) is 17.8 Å². The molecule has 19 nitrogen and oxygen atoms in total. The van der Waals surface area contributed by atoms with Gasteiger partial charge in [-0.1, -0.05) is 43.2 Å². The lowest BCUT2D eigenvalue weighted by molar-refractivity contribution is -0.136. The number of benzene rings is 1. The third-order valence-corrected chi connectivity index (χ3v) is 10.6. The number of nitrogens with zero attached hydrogens (tertiary/aromatic N) is 1. The van der Waals surface area contributed by atoms with E-state index in [-0.39, 0.29) is 89.0 Å². The number of aliphatic hydroxyl groups excluding tert-OH is 2. The smallest absolute Gasteiger partial charge is 0.243 e. The fraction of sp³-hybridized carbons (Fsp3) is 0.619. The van der Waals surface area contributed by atoms with Crippen molar-refractivity contribution in [1.82, 2.24) is 21.3 Å². The number of rotatable bonds is 17. The molecule has 0 aliphatic carbocycles. The van der Waals surface area contributed by atoms with Gasteiger partial charge < -0.3 is 48.7 Å². The van der Waals surface area contributed by atoms with Crippen LogP contribution in [0.25, 0.3) is 0 Å². The minimum absolute atomic E-state index is 0.00947. The van der Waals surface area contributed by atoms with Crippen LogP contribution in [-0.2, 0) is 49.6 Å². The molecular formula is C42H64N8O11. The zero-order valence-corrected chi connectivity index (χ0v) is 35.4. The van der Waals surface area contributed by atoms with Gasteiger partial charge in [0, 0.05) is 56.9 Å². The number of amides is 4. The first-order chi connectivity index (χ1) is 28.8. The minimum atomic E-state index is -1.32. The van der Waals surface area contributed by atoms with Gasteiger partial charge in [-0.25, -0.2) is 0 Å². The predicted octanol–water partition coefficient (Wildman–Crippen LogP) is -1.19. The summed E-state index contributed by atoms with van der Waals surface area (Å²) in [5, 5.41) is 31.4. The maximum atomic E-state index is 14.0. The highest BCUT2D eigenvalue weighted by molar-refractivity contribution is 5.97. The number of aliphatic hydroxyl groups is 2. The molecule has 0 bridgehead atoms. The van der Waals surface area contributed by atoms with Gasteiger partial charge >= 0.3 is 0 Å². The number of ketones is 5. The van der Waals surface area contributed by atoms with Crippen LogP contribution in [0.3, 0.4) is 0 Å². The molecule has 61 heavy (non-hydrogen) atoms. The molecule has 4 amide bonds. The van der Waals surface area contributed by atoms with Crippen molar-refractivity contribution in [2.75, 3.05) is 19.6 Å². The van der Waals surface area contributed by atoms with E-state index in [1.165, 1.54) is 20.8 Å². The molecule has 0 radical (unpaired) electrons. The van der Waals surface area contributed by atoms with Gasteiger partial charge in [0.15, 0.2) is 11.7 Å². The Bertz CT molecular complexity index is 1720. The van der Waals surface area contributed by atoms with Crippen LogP contribution >= 0.6 is 0 Å². The fourth-order valence-electron chi connectivity index (χ4n) is 6.99. The van der Waals surface area contributed by atoms with Gasteiger partial charge in [-0.2, -0.15) is 0 Å². The Hall–Kier alpha value is -5.40. The Morgan fingerprint density at radius 2 is 1.54 bits per heavy atom. The molecule has 1 saturated heterocycles. The summed E-state index contributed by atoms with van der Waals surface area (Å²) in [6, 6.07) is 4.90. The second kappa shape index (κ2) is 26.7. The Balaban J connectivity index is 2.60. The molecule has 1 fully saturated rings. The van der Waals surface area contributed by atoms with Crippen molar-refractivity contribution in [3.05, 3.63) is 35.9 Å². The van der Waals surface area contributed by atoms with Crippen LogP contribution in [0.1, 0.15) is 97.0 Å². The molecule has 2 rings (SSSR count). The molecule has 1 heterocycles. The number of nitrogens with two attached hydrogens (primary N) is 3. The number of guanidine groups is 1. The summed E-state index contributed by atoms with van der Waals surface area (Å²) in [4.78, 5) is 124. The van der Waals surface area contributed by atoms with Crippen molar-refractivity contribution in [2.24, 2.45) is 39.9 Å². The van der Waals surface area contributed by atoms with Gasteiger partial charge in [0.1, 0.15) is 41.3 Å². The first kappa shape index (κ1) is 51.7. The standard InChI is InChI=1S/C42H64N8O11/c1-24(51)31(25(2)52)21-36(56)28-12-7-8-13-33(48-38(58)16-15-29(54)22-43)40(60)49-34(14-9-17-46-42(44)45)41(61)50-35(18-27-10-5-4-6-11-27)39(59)47-23-30(55)20-32(26(3)53)37(57)19-28/h4-6,10-11,24,26,28,31-35,51,53H,7-9,12-23,43H2,1-3H3,(H,47,59)(H,48,58)(H,49,60)(H,50,61)(H4,44,45,46)/t24-,26-,28-,31+,32+,33+,34+,35+/m1/s1. The quantitative estimate of drug-likeness (QED) is 0.0506. The lowest BCUT2D eigenvalue weighted by Gasteiger charge is -2.26. The minimum Gasteiger partial charge on any atom is -0.393 e. The molecule has 12 N–H and O–H groups in total. The van der Waals surface area contributed by atoms with E-state index >= 15 is 0 Å². The van der Waals surface area contributed by atoms with Gasteiger partial charge in [-0.15, -0.1) is 0 Å². The average Bonchev–Trinajstić information content (AvgIpc) is 3.20. The van der Waals surface area contributed by atoms with E-state index in [9.17, 15) is 53.4 Å². The van der Waals surface area contributed by atoms with Crippen LogP contribution in [0.5, 0.6) is 0 Å². The fourth-order valence-corrected chi connectivity index (χ4v) is 6.99. The maximum Gasteiger partial charge on any atom is 0.243 e. The molecule has 0 saturated carbocycles. The van der Waals surface area contributed by atoms with Gasteiger partial charge in [0.05, 0.1) is 31.2 Å². The van der Waals surface area contributed by atoms with Crippen LogP contribution < -0.4 is 38.5 Å². The summed E-state index contributed by atoms with van der Waals surface area (Å²) >= 11 is 0. The topological polar surface area (TPSA) is 333 Å². The largest absolute Gasteiger partial charge is 0.393 e. The van der Waals surface area contributed by atoms with Gasteiger partial charge in [-0.3, -0.25) is 48.1 Å². The summed E-state index contributed by atoms with van der Waals surface area (Å²) < 4.78 is 0. The molecule has 0 aromatic heterocycles. The molecule has 0 spiro atoms. The normalized spacial score (nSPS) is 22.9. The van der Waals surface area contributed by atoms with E-state index in [4.69, 9.17) is 17.2 Å². The maximum absolute atomic E-state index is 14.0. The van der Waals surface area contributed by atoms with Crippen molar-refractivity contribution in [2.45, 2.75) is 128 Å². The van der Waals surface area contributed by atoms with E-state index in [0.29, 0.717) is 5.56 Å². The summed E-state index contributed by atoms with van der Waals surface area (Å²) in [6.45, 7) is 3.19. The SMILES string of the molecule is CC(=O)[C@@H](CC(=O)[C@@H]1CCCC[C@H](NC(=O)CCC(=O)CN)C(=O)N[C@@H](CCCN=C(N)N)C(=O)N[C@@H](Cc2ccccc2)C(=O)NCC(=O)C[C@@H]([C@@H](C)O)C(=O)C1)[C@@H](C)O. The number of hydrogen-bond acceptors (Lipinski definition) is 13. The molecule has 8 atom stereocenters.